The van der Waals surface area contributed by atoms with Gasteiger partial charge in [0.2, 0.25) is 12.7 Å². The Hall–Kier alpha value is -3.81. The lowest BCUT2D eigenvalue weighted by molar-refractivity contribution is 0.0693. The van der Waals surface area contributed by atoms with Crippen molar-refractivity contribution >= 4 is 5.97 Å². The van der Waals surface area contributed by atoms with E-state index in [1.54, 1.807) is 49.6 Å². The first-order valence-corrected chi connectivity index (χ1v) is 7.96. The number of nitrogens with zero attached hydrogens (tertiary/aromatic N) is 2. The molecule has 2 heterocycles. The van der Waals surface area contributed by atoms with Crippen LogP contribution in [0.3, 0.4) is 0 Å². The zero-order valence-electron chi connectivity index (χ0n) is 14.2. The van der Waals surface area contributed by atoms with E-state index in [9.17, 15) is 9.90 Å². The zero-order valence-corrected chi connectivity index (χ0v) is 14.2. The molecule has 0 saturated heterocycles. The molecule has 0 bridgehead atoms. The van der Waals surface area contributed by atoms with Crippen molar-refractivity contribution in [2.45, 2.75) is 0 Å². The number of rotatable bonds is 5. The Morgan fingerprint density at radius 1 is 1.07 bits per heavy atom. The van der Waals surface area contributed by atoms with E-state index >= 15 is 0 Å². The number of fused-ring (bicyclic) bond motifs is 1. The molecule has 1 aliphatic rings. The fourth-order valence-electron chi connectivity index (χ4n) is 2.52. The lowest BCUT2D eigenvalue weighted by atomic mass is 10.2. The molecule has 0 amide bonds. The number of carboxylic acid groups (broad SMARTS) is 1. The molecular formula is C19H14N2O6. The quantitative estimate of drug-likeness (QED) is 0.734. The number of aromatic carboxylic acids is 1. The summed E-state index contributed by atoms with van der Waals surface area (Å²) >= 11 is 0. The molecule has 0 aliphatic carbocycles. The summed E-state index contributed by atoms with van der Waals surface area (Å²) in [5.41, 5.74) is 0.549. The Kier molecular flexibility index (Phi) is 4.21. The molecule has 27 heavy (non-hydrogen) atoms. The van der Waals surface area contributed by atoms with Crippen LogP contribution in [-0.4, -0.2) is 34.9 Å². The average molecular weight is 366 g/mol. The zero-order chi connectivity index (χ0) is 18.8. The van der Waals surface area contributed by atoms with E-state index in [4.69, 9.17) is 18.9 Å². The summed E-state index contributed by atoms with van der Waals surface area (Å²) in [4.78, 5) is 19.9. The van der Waals surface area contributed by atoms with Gasteiger partial charge in [-0.2, -0.15) is 4.98 Å². The Labute approximate surface area is 153 Å². The van der Waals surface area contributed by atoms with Gasteiger partial charge in [-0.3, -0.25) is 0 Å². The van der Waals surface area contributed by atoms with Crippen molar-refractivity contribution in [3.05, 3.63) is 54.2 Å². The highest BCUT2D eigenvalue weighted by atomic mass is 16.7. The summed E-state index contributed by atoms with van der Waals surface area (Å²) in [6.07, 6.45) is 1.22. The lowest BCUT2D eigenvalue weighted by Gasteiger charge is -2.10. The van der Waals surface area contributed by atoms with Gasteiger partial charge >= 0.3 is 5.97 Å². The van der Waals surface area contributed by atoms with Gasteiger partial charge in [0.1, 0.15) is 17.1 Å². The predicted octanol–water partition coefficient (Wildman–Crippen LogP) is 3.37. The van der Waals surface area contributed by atoms with Crippen LogP contribution >= 0.6 is 0 Å². The summed E-state index contributed by atoms with van der Waals surface area (Å²) < 4.78 is 21.4. The normalized spacial score (nSPS) is 11.9. The van der Waals surface area contributed by atoms with Crippen LogP contribution < -0.4 is 18.9 Å². The minimum absolute atomic E-state index is 0.0674. The van der Waals surface area contributed by atoms with Crippen LogP contribution in [0.4, 0.5) is 0 Å². The van der Waals surface area contributed by atoms with E-state index in [-0.39, 0.29) is 18.2 Å². The Morgan fingerprint density at radius 2 is 1.81 bits per heavy atom. The minimum atomic E-state index is -1.19. The molecule has 0 fully saturated rings. The molecule has 136 valence electrons. The van der Waals surface area contributed by atoms with Gasteiger partial charge in [0.25, 0.3) is 0 Å². The monoisotopic (exact) mass is 366 g/mol. The highest BCUT2D eigenvalue weighted by Crippen LogP contribution is 2.37. The second kappa shape index (κ2) is 6.83. The van der Waals surface area contributed by atoms with Crippen LogP contribution in [0.5, 0.6) is 28.9 Å². The lowest BCUT2D eigenvalue weighted by Crippen LogP contribution is -2.04. The van der Waals surface area contributed by atoms with Gasteiger partial charge in [-0.1, -0.05) is 0 Å². The number of carboxylic acids is 1. The smallest absolute Gasteiger partial charge is 0.342 e. The Balaban J connectivity index is 1.69. The summed E-state index contributed by atoms with van der Waals surface area (Å²) in [5.74, 6) is 1.27. The van der Waals surface area contributed by atoms with Crippen molar-refractivity contribution in [2.24, 2.45) is 0 Å². The number of aromatic nitrogens is 2. The van der Waals surface area contributed by atoms with Gasteiger partial charge in [-0.15, -0.1) is 0 Å². The van der Waals surface area contributed by atoms with Crippen molar-refractivity contribution in [3.8, 4) is 40.3 Å². The van der Waals surface area contributed by atoms with E-state index in [0.717, 1.165) is 0 Å². The molecule has 0 radical (unpaired) electrons. The number of carbonyl (C=O) groups is 1. The van der Waals surface area contributed by atoms with E-state index in [1.165, 1.54) is 6.20 Å². The van der Waals surface area contributed by atoms with Crippen LogP contribution in [0.2, 0.25) is 0 Å². The molecule has 0 spiro atoms. The van der Waals surface area contributed by atoms with Gasteiger partial charge in [-0.05, 0) is 36.4 Å². The van der Waals surface area contributed by atoms with Crippen LogP contribution in [-0.2, 0) is 0 Å². The first-order valence-electron chi connectivity index (χ1n) is 7.96. The average Bonchev–Trinajstić information content (AvgIpc) is 3.15. The van der Waals surface area contributed by atoms with Crippen molar-refractivity contribution in [2.75, 3.05) is 13.9 Å². The maximum absolute atomic E-state index is 11.5. The highest BCUT2D eigenvalue weighted by Gasteiger charge is 2.19. The molecule has 0 saturated carbocycles. The molecule has 1 aliphatic heterocycles. The van der Waals surface area contributed by atoms with Crippen molar-refractivity contribution in [1.82, 2.24) is 9.97 Å². The van der Waals surface area contributed by atoms with Gasteiger partial charge in [-0.25, -0.2) is 9.78 Å². The summed E-state index contributed by atoms with van der Waals surface area (Å²) in [7, 11) is 1.57. The summed E-state index contributed by atoms with van der Waals surface area (Å²) in [6.45, 7) is 0.133. The minimum Gasteiger partial charge on any atom is -0.497 e. The van der Waals surface area contributed by atoms with Gasteiger partial charge in [0, 0.05) is 17.8 Å². The topological polar surface area (TPSA) is 100 Å². The van der Waals surface area contributed by atoms with Crippen LogP contribution in [0.25, 0.3) is 11.4 Å². The molecule has 0 atom stereocenters. The molecular weight excluding hydrogens is 352 g/mol. The second-order valence-corrected chi connectivity index (χ2v) is 5.56. The summed E-state index contributed by atoms with van der Waals surface area (Å²) in [5, 5.41) is 9.41. The number of hydrogen-bond acceptors (Lipinski definition) is 7. The molecule has 4 rings (SSSR count). The molecule has 8 heteroatoms. The van der Waals surface area contributed by atoms with E-state index in [1.807, 2.05) is 0 Å². The molecule has 0 unspecified atom stereocenters. The molecule has 3 aromatic rings. The number of benzene rings is 2. The van der Waals surface area contributed by atoms with Gasteiger partial charge in [0.05, 0.1) is 7.11 Å². The molecule has 1 N–H and O–H groups in total. The third kappa shape index (κ3) is 3.32. The Bertz CT molecular complexity index is 1000. The Morgan fingerprint density at radius 3 is 2.56 bits per heavy atom. The van der Waals surface area contributed by atoms with Crippen molar-refractivity contribution in [3.63, 3.8) is 0 Å². The summed E-state index contributed by atoms with van der Waals surface area (Å²) in [6, 6.07) is 12.0. The second-order valence-electron chi connectivity index (χ2n) is 5.56. The van der Waals surface area contributed by atoms with E-state index in [2.05, 4.69) is 9.97 Å². The van der Waals surface area contributed by atoms with Crippen molar-refractivity contribution in [1.29, 1.82) is 0 Å². The third-order valence-electron chi connectivity index (χ3n) is 3.89. The maximum Gasteiger partial charge on any atom is 0.342 e. The first-order chi connectivity index (χ1) is 13.1. The van der Waals surface area contributed by atoms with Gasteiger partial charge in [0.15, 0.2) is 17.3 Å². The maximum atomic E-state index is 11.5. The molecule has 8 nitrogen and oxygen atoms in total. The fraction of sp³-hybridized carbons (Fsp3) is 0.105. The molecule has 1 aromatic heterocycles. The SMILES string of the molecule is COc1ccc(-c2ncc(C(=O)O)c(Oc3ccc4c(c3)OCO4)n2)cc1. The standard InChI is InChI=1S/C19H14N2O6/c1-24-12-4-2-11(3-5-12)17-20-9-14(19(22)23)18(21-17)27-13-6-7-15-16(8-13)26-10-25-15/h2-9H,10H2,1H3,(H,22,23). The predicted molar refractivity (Wildman–Crippen MR) is 93.6 cm³/mol. The third-order valence-corrected chi connectivity index (χ3v) is 3.89. The fourth-order valence-corrected chi connectivity index (χ4v) is 2.52. The highest BCUT2D eigenvalue weighted by molar-refractivity contribution is 5.90. The largest absolute Gasteiger partial charge is 0.497 e. The van der Waals surface area contributed by atoms with Crippen LogP contribution in [0, 0.1) is 0 Å². The first kappa shape index (κ1) is 16.6. The van der Waals surface area contributed by atoms with Crippen LogP contribution in [0.1, 0.15) is 10.4 Å². The van der Waals surface area contributed by atoms with Crippen LogP contribution in [0.15, 0.2) is 48.7 Å². The van der Waals surface area contributed by atoms with Gasteiger partial charge < -0.3 is 24.1 Å². The number of ether oxygens (including phenoxy) is 4. The van der Waals surface area contributed by atoms with Crippen molar-refractivity contribution < 1.29 is 28.8 Å². The van der Waals surface area contributed by atoms with E-state index in [0.29, 0.717) is 34.4 Å². The molecule has 2 aromatic carbocycles. The van der Waals surface area contributed by atoms with E-state index < -0.39 is 5.97 Å². The number of hydrogen-bond donors (Lipinski definition) is 1. The number of methoxy groups -OCH3 is 1.